The molecule has 0 aliphatic rings. The molecule has 5 nitrogen and oxygen atoms in total. The second kappa shape index (κ2) is 9.30. The second-order valence-electron chi connectivity index (χ2n) is 6.55. The van der Waals surface area contributed by atoms with Gasteiger partial charge in [-0.25, -0.2) is 4.98 Å². The van der Waals surface area contributed by atoms with Gasteiger partial charge in [-0.1, -0.05) is 49.2 Å². The molecule has 3 rings (SSSR count). The lowest BCUT2D eigenvalue weighted by Crippen LogP contribution is -2.36. The Morgan fingerprint density at radius 3 is 2.64 bits per heavy atom. The summed E-state index contributed by atoms with van der Waals surface area (Å²) < 4.78 is 7.73. The van der Waals surface area contributed by atoms with Gasteiger partial charge in [0.25, 0.3) is 0 Å². The van der Waals surface area contributed by atoms with Gasteiger partial charge in [-0.2, -0.15) is 0 Å². The van der Waals surface area contributed by atoms with Crippen molar-refractivity contribution in [2.45, 2.75) is 45.9 Å². The predicted octanol–water partition coefficient (Wildman–Crippen LogP) is 5.23. The maximum Gasteiger partial charge on any atom is 0.240 e. The summed E-state index contributed by atoms with van der Waals surface area (Å²) in [5.74, 6) is 1.14. The summed E-state index contributed by atoms with van der Waals surface area (Å²) in [6.45, 7) is 4.50. The largest absolute Gasteiger partial charge is 0.484 e. The van der Waals surface area contributed by atoms with Gasteiger partial charge < -0.3 is 14.6 Å². The highest BCUT2D eigenvalue weighted by Gasteiger charge is 2.16. The van der Waals surface area contributed by atoms with Crippen LogP contribution in [0, 0.1) is 0 Å². The lowest BCUT2D eigenvalue weighted by molar-refractivity contribution is -0.122. The first-order chi connectivity index (χ1) is 13.5. The number of amides is 1. The molecule has 28 heavy (non-hydrogen) atoms. The van der Waals surface area contributed by atoms with E-state index in [4.69, 9.17) is 27.9 Å². The van der Waals surface area contributed by atoms with Crippen LogP contribution in [0.4, 0.5) is 0 Å². The molecule has 0 radical (unpaired) electrons. The van der Waals surface area contributed by atoms with Crippen LogP contribution in [0.1, 0.15) is 32.5 Å². The van der Waals surface area contributed by atoms with Gasteiger partial charge in [0, 0.05) is 11.1 Å². The van der Waals surface area contributed by atoms with Crippen molar-refractivity contribution in [1.29, 1.82) is 0 Å². The highest BCUT2D eigenvalue weighted by atomic mass is 35.5. The Kier molecular flexibility index (Phi) is 6.81. The maximum atomic E-state index is 12.6. The number of nitrogens with zero attached hydrogens (tertiary/aromatic N) is 2. The third-order valence-corrected chi connectivity index (χ3v) is 5.17. The molecule has 1 amide bonds. The molecule has 0 aliphatic heterocycles. The quantitative estimate of drug-likeness (QED) is 0.543. The van der Waals surface area contributed by atoms with Crippen LogP contribution in [-0.2, 0) is 17.9 Å². The van der Waals surface area contributed by atoms with Crippen LogP contribution in [0.2, 0.25) is 10.0 Å². The number of rotatable bonds is 8. The second-order valence-corrected chi connectivity index (χ2v) is 7.39. The van der Waals surface area contributed by atoms with Gasteiger partial charge in [-0.3, -0.25) is 4.79 Å². The third-order valence-electron chi connectivity index (χ3n) is 4.64. The zero-order valence-electron chi connectivity index (χ0n) is 15.9. The van der Waals surface area contributed by atoms with Crippen molar-refractivity contribution in [2.24, 2.45) is 0 Å². The van der Waals surface area contributed by atoms with Crippen molar-refractivity contribution in [1.82, 2.24) is 14.9 Å². The van der Waals surface area contributed by atoms with Gasteiger partial charge in [0.15, 0.2) is 0 Å². The summed E-state index contributed by atoms with van der Waals surface area (Å²) in [6, 6.07) is 13.0. The number of nitrogens with one attached hydrogen (secondary N) is 1. The number of hydrogen-bond donors (Lipinski definition) is 1. The average Bonchev–Trinajstić information content (AvgIpc) is 3.03. The van der Waals surface area contributed by atoms with Gasteiger partial charge in [0.2, 0.25) is 5.91 Å². The van der Waals surface area contributed by atoms with Gasteiger partial charge in [-0.05, 0) is 43.2 Å². The number of benzene rings is 2. The summed E-state index contributed by atoms with van der Waals surface area (Å²) in [6.07, 6.45) is 1.80. The van der Waals surface area contributed by atoms with E-state index < -0.39 is 0 Å². The smallest absolute Gasteiger partial charge is 0.240 e. The number of aromatic nitrogens is 2. The van der Waals surface area contributed by atoms with Crippen LogP contribution in [0.3, 0.4) is 0 Å². The summed E-state index contributed by atoms with van der Waals surface area (Å²) in [5.41, 5.74) is 1.71. The summed E-state index contributed by atoms with van der Waals surface area (Å²) in [5, 5.41) is 4.05. The van der Waals surface area contributed by atoms with Crippen LogP contribution in [0.15, 0.2) is 42.5 Å². The van der Waals surface area contributed by atoms with Crippen molar-refractivity contribution >= 4 is 40.1 Å². The summed E-state index contributed by atoms with van der Waals surface area (Å²) >= 11 is 12.1. The Balaban J connectivity index is 1.83. The van der Waals surface area contributed by atoms with Crippen LogP contribution in [0.5, 0.6) is 5.75 Å². The molecular weight excluding hydrogens is 397 g/mol. The first kappa shape index (κ1) is 20.5. The van der Waals surface area contributed by atoms with Gasteiger partial charge >= 0.3 is 0 Å². The van der Waals surface area contributed by atoms with Gasteiger partial charge in [-0.15, -0.1) is 0 Å². The minimum atomic E-state index is -0.0392. The van der Waals surface area contributed by atoms with Crippen LogP contribution in [-0.4, -0.2) is 21.5 Å². The fraction of sp³-hybridized carbons (Fsp3) is 0.333. The van der Waals surface area contributed by atoms with E-state index in [9.17, 15) is 4.79 Å². The molecule has 0 saturated heterocycles. The van der Waals surface area contributed by atoms with E-state index in [1.807, 2.05) is 28.8 Å². The molecule has 0 saturated carbocycles. The van der Waals surface area contributed by atoms with E-state index in [0.29, 0.717) is 21.6 Å². The van der Waals surface area contributed by atoms with E-state index in [2.05, 4.69) is 24.1 Å². The molecule has 3 aromatic rings. The molecule has 0 spiro atoms. The number of para-hydroxylation sites is 2. The first-order valence-electron chi connectivity index (χ1n) is 9.33. The van der Waals surface area contributed by atoms with Crippen LogP contribution in [0.25, 0.3) is 11.0 Å². The van der Waals surface area contributed by atoms with Crippen molar-refractivity contribution in [3.05, 3.63) is 58.3 Å². The van der Waals surface area contributed by atoms with Crippen LogP contribution < -0.4 is 10.1 Å². The highest BCUT2D eigenvalue weighted by Crippen LogP contribution is 2.28. The molecular formula is C21H23Cl2N3O2. The number of halogens is 2. The first-order valence-corrected chi connectivity index (χ1v) is 10.1. The van der Waals surface area contributed by atoms with Crippen molar-refractivity contribution in [3.8, 4) is 5.75 Å². The maximum absolute atomic E-state index is 12.6. The lowest BCUT2D eigenvalue weighted by Gasteiger charge is -2.16. The lowest BCUT2D eigenvalue weighted by atomic mass is 10.2. The number of fused-ring (bicyclic) bond motifs is 1. The number of ether oxygens (including phenoxy) is 1. The fourth-order valence-electron chi connectivity index (χ4n) is 3.06. The summed E-state index contributed by atoms with van der Waals surface area (Å²) in [7, 11) is 0. The zero-order valence-corrected chi connectivity index (χ0v) is 17.4. The SMILES string of the molecule is CCC(CC)NC(=O)Cn1c(COc2ccc(Cl)cc2Cl)nc2ccccc21. The Morgan fingerprint density at radius 2 is 1.93 bits per heavy atom. The normalized spacial score (nSPS) is 11.2. The number of carbonyl (C=O) groups excluding carboxylic acids is 1. The van der Waals surface area contributed by atoms with E-state index in [1.165, 1.54) is 0 Å². The topological polar surface area (TPSA) is 56.2 Å². The molecule has 2 aromatic carbocycles. The molecule has 1 aromatic heterocycles. The van der Waals surface area contributed by atoms with E-state index in [0.717, 1.165) is 23.9 Å². The highest BCUT2D eigenvalue weighted by molar-refractivity contribution is 6.35. The molecule has 0 atom stereocenters. The minimum absolute atomic E-state index is 0.0392. The predicted molar refractivity (Wildman–Crippen MR) is 113 cm³/mol. The Morgan fingerprint density at radius 1 is 1.18 bits per heavy atom. The Hall–Kier alpha value is -2.24. The molecule has 0 aliphatic carbocycles. The van der Waals surface area contributed by atoms with E-state index >= 15 is 0 Å². The molecule has 7 heteroatoms. The number of imidazole rings is 1. The van der Waals surface area contributed by atoms with Gasteiger partial charge in [0.1, 0.15) is 24.7 Å². The summed E-state index contributed by atoms with van der Waals surface area (Å²) in [4.78, 5) is 17.2. The number of hydrogen-bond acceptors (Lipinski definition) is 3. The monoisotopic (exact) mass is 419 g/mol. The minimum Gasteiger partial charge on any atom is -0.484 e. The van der Waals surface area contributed by atoms with Crippen molar-refractivity contribution < 1.29 is 9.53 Å². The van der Waals surface area contributed by atoms with E-state index in [-0.39, 0.29) is 25.1 Å². The third kappa shape index (κ3) is 4.78. The Labute approximate surface area is 174 Å². The van der Waals surface area contributed by atoms with Crippen molar-refractivity contribution in [3.63, 3.8) is 0 Å². The fourth-order valence-corrected chi connectivity index (χ4v) is 3.52. The molecule has 1 heterocycles. The van der Waals surface area contributed by atoms with Crippen LogP contribution >= 0.6 is 23.2 Å². The molecule has 1 N–H and O–H groups in total. The van der Waals surface area contributed by atoms with Crippen molar-refractivity contribution in [2.75, 3.05) is 0 Å². The Bertz CT molecular complexity index is 967. The van der Waals surface area contributed by atoms with Gasteiger partial charge in [0.05, 0.1) is 16.1 Å². The molecule has 0 fully saturated rings. The average molecular weight is 420 g/mol. The molecule has 0 unspecified atom stereocenters. The molecule has 0 bridgehead atoms. The van der Waals surface area contributed by atoms with E-state index in [1.54, 1.807) is 18.2 Å². The zero-order chi connectivity index (χ0) is 20.1. The number of carbonyl (C=O) groups is 1. The molecule has 148 valence electrons. The standard InChI is InChI=1S/C21H23Cl2N3O2/c1-3-15(4-2)24-21(27)12-26-18-8-6-5-7-17(18)25-20(26)13-28-19-10-9-14(22)11-16(19)23/h5-11,15H,3-4,12-13H2,1-2H3,(H,24,27).